The predicted octanol–water partition coefficient (Wildman–Crippen LogP) is 3.03. The number of aryl methyl sites for hydroxylation is 1. The van der Waals surface area contributed by atoms with E-state index in [9.17, 15) is 4.39 Å². The molecule has 4 heteroatoms. The first-order valence-electron chi connectivity index (χ1n) is 4.10. The van der Waals surface area contributed by atoms with Crippen molar-refractivity contribution in [3.63, 3.8) is 0 Å². The number of nitrogens with two attached hydrogens (primary N) is 1. The van der Waals surface area contributed by atoms with Crippen molar-refractivity contribution in [2.75, 3.05) is 5.73 Å². The number of hydrogen-bond donors (Lipinski definition) is 1. The van der Waals surface area contributed by atoms with Crippen LogP contribution in [-0.2, 0) is 0 Å². The van der Waals surface area contributed by atoms with Crippen molar-refractivity contribution < 1.29 is 4.39 Å². The smallest absolute Gasteiger partial charge is 0.138 e. The van der Waals surface area contributed by atoms with Crippen LogP contribution in [0.2, 0.25) is 0 Å². The van der Waals surface area contributed by atoms with Gasteiger partial charge in [0.2, 0.25) is 0 Å². The lowest BCUT2D eigenvalue weighted by atomic mass is 10.1. The first-order chi connectivity index (χ1) is 6.59. The van der Waals surface area contributed by atoms with E-state index in [1.807, 2.05) is 0 Å². The largest absolute Gasteiger partial charge is 0.383 e. The van der Waals surface area contributed by atoms with E-state index in [1.54, 1.807) is 25.1 Å². The molecule has 2 nitrogen and oxygen atoms in total. The molecule has 0 bridgehead atoms. The molecule has 72 valence electrons. The molecule has 0 aliphatic heterocycles. The van der Waals surface area contributed by atoms with E-state index in [0.29, 0.717) is 26.8 Å². The number of rotatable bonds is 0. The van der Waals surface area contributed by atoms with Crippen molar-refractivity contribution in [2.45, 2.75) is 6.92 Å². The van der Waals surface area contributed by atoms with E-state index in [4.69, 9.17) is 5.73 Å². The van der Waals surface area contributed by atoms with Crippen LogP contribution in [0, 0.1) is 12.7 Å². The molecule has 0 amide bonds. The normalized spacial score (nSPS) is 10.8. The van der Waals surface area contributed by atoms with Crippen LogP contribution in [0.4, 0.5) is 10.2 Å². The number of fused-ring (bicyclic) bond motifs is 1. The summed E-state index contributed by atoms with van der Waals surface area (Å²) < 4.78 is 14.2. The Balaban J connectivity index is 2.89. The van der Waals surface area contributed by atoms with Gasteiger partial charge in [0.25, 0.3) is 0 Å². The molecule has 0 aliphatic rings. The summed E-state index contributed by atoms with van der Waals surface area (Å²) in [5.74, 6) is 0.136. The fraction of sp³-hybridized carbons (Fsp3) is 0.100. The van der Waals surface area contributed by atoms with Crippen molar-refractivity contribution in [1.29, 1.82) is 0 Å². The number of nitrogen functional groups attached to an aromatic ring is 1. The van der Waals surface area contributed by atoms with Crippen molar-refractivity contribution in [2.24, 2.45) is 0 Å². The van der Waals surface area contributed by atoms with E-state index in [-0.39, 0.29) is 5.82 Å². The molecular formula is C10H8BrFN2. The Morgan fingerprint density at radius 1 is 1.43 bits per heavy atom. The minimum Gasteiger partial charge on any atom is -0.383 e. The van der Waals surface area contributed by atoms with Gasteiger partial charge in [-0.25, -0.2) is 9.37 Å². The van der Waals surface area contributed by atoms with Crippen LogP contribution in [0.5, 0.6) is 0 Å². The van der Waals surface area contributed by atoms with E-state index in [2.05, 4.69) is 20.9 Å². The molecule has 2 rings (SSSR count). The number of benzene rings is 1. The van der Waals surface area contributed by atoms with Gasteiger partial charge in [-0.1, -0.05) is 6.07 Å². The van der Waals surface area contributed by atoms with E-state index >= 15 is 0 Å². The quantitative estimate of drug-likeness (QED) is 0.785. The van der Waals surface area contributed by atoms with Gasteiger partial charge >= 0.3 is 0 Å². The summed E-state index contributed by atoms with van der Waals surface area (Å²) in [5, 5.41) is 0.492. The number of pyridine rings is 1. The molecule has 0 unspecified atom stereocenters. The molecule has 0 fully saturated rings. The van der Waals surface area contributed by atoms with Gasteiger partial charge in [-0.15, -0.1) is 0 Å². The second kappa shape index (κ2) is 3.20. The average Bonchev–Trinajstić information content (AvgIpc) is 2.15. The predicted molar refractivity (Wildman–Crippen MR) is 58.6 cm³/mol. The lowest BCUT2D eigenvalue weighted by molar-refractivity contribution is 0.630. The van der Waals surface area contributed by atoms with Crippen LogP contribution in [0.3, 0.4) is 0 Å². The molecule has 0 atom stereocenters. The molecule has 0 aliphatic carbocycles. The van der Waals surface area contributed by atoms with E-state index < -0.39 is 0 Å². The fourth-order valence-corrected chi connectivity index (χ4v) is 1.63. The van der Waals surface area contributed by atoms with E-state index in [1.165, 1.54) is 0 Å². The van der Waals surface area contributed by atoms with Gasteiger partial charge in [-0.05, 0) is 40.5 Å². The maximum Gasteiger partial charge on any atom is 0.138 e. The summed E-state index contributed by atoms with van der Waals surface area (Å²) in [5.41, 5.74) is 6.78. The second-order valence-electron chi connectivity index (χ2n) is 3.12. The Morgan fingerprint density at radius 2 is 2.14 bits per heavy atom. The lowest BCUT2D eigenvalue weighted by Gasteiger charge is -2.04. The molecule has 0 radical (unpaired) electrons. The van der Waals surface area contributed by atoms with Crippen molar-refractivity contribution in [3.8, 4) is 0 Å². The van der Waals surface area contributed by atoms with Gasteiger partial charge in [-0.3, -0.25) is 0 Å². The van der Waals surface area contributed by atoms with Crippen LogP contribution < -0.4 is 5.73 Å². The van der Waals surface area contributed by atoms with Crippen molar-refractivity contribution in [3.05, 3.63) is 34.1 Å². The molecule has 1 heterocycles. The number of nitrogens with zero attached hydrogens (tertiary/aromatic N) is 1. The standard InChI is InChI=1S/C10H8BrFN2/c1-5-2-3-8-6(9(5)12)4-7(11)10(13)14-8/h2-4H,1H3,(H2,13,14). The fourth-order valence-electron chi connectivity index (χ4n) is 1.31. The first kappa shape index (κ1) is 9.40. The first-order valence-corrected chi connectivity index (χ1v) is 4.89. The molecular weight excluding hydrogens is 247 g/mol. The lowest BCUT2D eigenvalue weighted by Crippen LogP contribution is -1.94. The summed E-state index contributed by atoms with van der Waals surface area (Å²) in [7, 11) is 0. The maximum atomic E-state index is 13.6. The third kappa shape index (κ3) is 1.35. The van der Waals surface area contributed by atoms with Crippen LogP contribution in [0.1, 0.15) is 5.56 Å². The van der Waals surface area contributed by atoms with Crippen molar-refractivity contribution in [1.82, 2.24) is 4.98 Å². The highest BCUT2D eigenvalue weighted by Crippen LogP contribution is 2.26. The molecule has 0 spiro atoms. The maximum absolute atomic E-state index is 13.6. The van der Waals surface area contributed by atoms with Gasteiger partial charge in [0.1, 0.15) is 11.6 Å². The van der Waals surface area contributed by atoms with Gasteiger partial charge < -0.3 is 5.73 Å². The Bertz CT molecular complexity index is 511. The third-order valence-electron chi connectivity index (χ3n) is 2.11. The zero-order valence-electron chi connectivity index (χ0n) is 7.51. The van der Waals surface area contributed by atoms with Crippen LogP contribution in [-0.4, -0.2) is 4.98 Å². The zero-order valence-corrected chi connectivity index (χ0v) is 9.10. The Kier molecular flexibility index (Phi) is 2.15. The number of halogens is 2. The highest BCUT2D eigenvalue weighted by Gasteiger charge is 2.07. The number of aromatic nitrogens is 1. The summed E-state index contributed by atoms with van der Waals surface area (Å²) >= 11 is 3.22. The molecule has 0 saturated heterocycles. The van der Waals surface area contributed by atoms with Crippen molar-refractivity contribution >= 4 is 32.7 Å². The minimum atomic E-state index is -0.240. The summed E-state index contributed by atoms with van der Waals surface area (Å²) in [6, 6.07) is 5.11. The highest BCUT2D eigenvalue weighted by molar-refractivity contribution is 9.10. The van der Waals surface area contributed by atoms with Gasteiger partial charge in [-0.2, -0.15) is 0 Å². The zero-order chi connectivity index (χ0) is 10.3. The Labute approximate surface area is 89.1 Å². The monoisotopic (exact) mass is 254 g/mol. The van der Waals surface area contributed by atoms with Crippen LogP contribution in [0.25, 0.3) is 10.9 Å². The topological polar surface area (TPSA) is 38.9 Å². The van der Waals surface area contributed by atoms with Crippen LogP contribution >= 0.6 is 15.9 Å². The van der Waals surface area contributed by atoms with Crippen LogP contribution in [0.15, 0.2) is 22.7 Å². The minimum absolute atomic E-state index is 0.240. The summed E-state index contributed by atoms with van der Waals surface area (Å²) in [6.07, 6.45) is 0. The summed E-state index contributed by atoms with van der Waals surface area (Å²) in [4.78, 5) is 4.07. The molecule has 1 aromatic heterocycles. The number of anilines is 1. The average molecular weight is 255 g/mol. The third-order valence-corrected chi connectivity index (χ3v) is 2.74. The Morgan fingerprint density at radius 3 is 2.86 bits per heavy atom. The van der Waals surface area contributed by atoms with E-state index in [0.717, 1.165) is 0 Å². The summed E-state index contributed by atoms with van der Waals surface area (Å²) in [6.45, 7) is 1.72. The second-order valence-corrected chi connectivity index (χ2v) is 3.97. The highest BCUT2D eigenvalue weighted by atomic mass is 79.9. The molecule has 2 N–H and O–H groups in total. The SMILES string of the molecule is Cc1ccc2nc(N)c(Br)cc2c1F. The molecule has 14 heavy (non-hydrogen) atoms. The molecule has 0 saturated carbocycles. The van der Waals surface area contributed by atoms with Gasteiger partial charge in [0, 0.05) is 5.39 Å². The molecule has 2 aromatic rings. The Hall–Kier alpha value is -1.16. The number of hydrogen-bond acceptors (Lipinski definition) is 2. The molecule has 1 aromatic carbocycles. The van der Waals surface area contributed by atoms with Gasteiger partial charge in [0.05, 0.1) is 9.99 Å². The van der Waals surface area contributed by atoms with Gasteiger partial charge in [0.15, 0.2) is 0 Å².